The zero-order chi connectivity index (χ0) is 24.5. The Hall–Kier alpha value is -3.43. The van der Waals surface area contributed by atoms with Crippen molar-refractivity contribution in [1.82, 2.24) is 14.9 Å². The lowest BCUT2D eigenvalue weighted by molar-refractivity contribution is 0.00586. The Morgan fingerprint density at radius 3 is 2.47 bits per heavy atom. The Kier molecular flexibility index (Phi) is 6.33. The Balaban J connectivity index is 1.42. The number of carbonyl (C=O) groups excluding carboxylic acids is 2. The molecule has 0 N–H and O–H groups in total. The van der Waals surface area contributed by atoms with Crippen molar-refractivity contribution in [1.29, 1.82) is 0 Å². The van der Waals surface area contributed by atoms with Crippen LogP contribution in [0.4, 0.5) is 15.0 Å². The molecule has 0 saturated carbocycles. The fraction of sp³-hybridized carbons (Fsp3) is 0.500. The van der Waals surface area contributed by atoms with E-state index in [0.717, 1.165) is 32.0 Å². The molecule has 2 aromatic rings. The van der Waals surface area contributed by atoms with Crippen LogP contribution in [0, 0.1) is 11.2 Å². The summed E-state index contributed by atoms with van der Waals surface area (Å²) in [6, 6.07) is 3.66. The van der Waals surface area contributed by atoms with Gasteiger partial charge < -0.3 is 24.0 Å². The topological polar surface area (TPSA) is 94.1 Å². The number of esters is 1. The molecule has 34 heavy (non-hydrogen) atoms. The van der Waals surface area contributed by atoms with Gasteiger partial charge in [-0.1, -0.05) is 0 Å². The van der Waals surface area contributed by atoms with E-state index in [1.165, 1.54) is 31.8 Å². The SMILES string of the molecule is COC(=O)c1cc(F)ccc1Oc1cncnc1N1CC2(CCN(C(=O)OC(C)(C)C)CC2)C1. The minimum absolute atomic E-state index is 0.0214. The second-order valence-electron chi connectivity index (χ2n) is 9.77. The van der Waals surface area contributed by atoms with Gasteiger partial charge in [-0.3, -0.25) is 0 Å². The van der Waals surface area contributed by atoms with Crippen LogP contribution in [0.2, 0.25) is 0 Å². The summed E-state index contributed by atoms with van der Waals surface area (Å²) in [6.45, 7) is 8.40. The Labute approximate surface area is 197 Å². The Morgan fingerprint density at radius 2 is 1.82 bits per heavy atom. The fourth-order valence-corrected chi connectivity index (χ4v) is 4.32. The monoisotopic (exact) mass is 472 g/mol. The fourth-order valence-electron chi connectivity index (χ4n) is 4.32. The van der Waals surface area contributed by atoms with E-state index in [1.54, 1.807) is 4.90 Å². The van der Waals surface area contributed by atoms with Crippen LogP contribution in [0.15, 0.2) is 30.7 Å². The van der Waals surface area contributed by atoms with Crippen LogP contribution >= 0.6 is 0 Å². The van der Waals surface area contributed by atoms with Crippen molar-refractivity contribution < 1.29 is 28.2 Å². The molecule has 1 aromatic heterocycles. The van der Waals surface area contributed by atoms with E-state index in [-0.39, 0.29) is 22.8 Å². The molecule has 9 nitrogen and oxygen atoms in total. The third-order valence-corrected chi connectivity index (χ3v) is 6.05. The molecule has 1 amide bonds. The van der Waals surface area contributed by atoms with E-state index in [2.05, 4.69) is 14.9 Å². The summed E-state index contributed by atoms with van der Waals surface area (Å²) >= 11 is 0. The predicted molar refractivity (Wildman–Crippen MR) is 122 cm³/mol. The smallest absolute Gasteiger partial charge is 0.410 e. The van der Waals surface area contributed by atoms with Crippen LogP contribution in [-0.4, -0.2) is 65.8 Å². The van der Waals surface area contributed by atoms with Gasteiger partial charge in [0, 0.05) is 31.6 Å². The summed E-state index contributed by atoms with van der Waals surface area (Å²) in [6.07, 6.45) is 4.42. The third kappa shape index (κ3) is 5.05. The second kappa shape index (κ2) is 9.08. The largest absolute Gasteiger partial charge is 0.465 e. The highest BCUT2D eigenvalue weighted by Crippen LogP contribution is 2.45. The number of piperidine rings is 1. The number of ether oxygens (including phenoxy) is 3. The van der Waals surface area contributed by atoms with Crippen molar-refractivity contribution in [2.24, 2.45) is 5.41 Å². The lowest BCUT2D eigenvalue weighted by atomic mass is 9.72. The van der Waals surface area contributed by atoms with Crippen molar-refractivity contribution >= 4 is 17.9 Å². The van der Waals surface area contributed by atoms with Crippen LogP contribution in [0.3, 0.4) is 0 Å². The van der Waals surface area contributed by atoms with Crippen molar-refractivity contribution in [2.75, 3.05) is 38.2 Å². The molecule has 2 aliphatic heterocycles. The molecule has 1 aromatic carbocycles. The van der Waals surface area contributed by atoms with Gasteiger partial charge in [0.1, 0.15) is 29.1 Å². The van der Waals surface area contributed by atoms with Gasteiger partial charge in [0.15, 0.2) is 11.6 Å². The zero-order valence-electron chi connectivity index (χ0n) is 19.8. The molecule has 0 radical (unpaired) electrons. The van der Waals surface area contributed by atoms with E-state index in [0.29, 0.717) is 24.7 Å². The van der Waals surface area contributed by atoms with Crippen molar-refractivity contribution in [3.63, 3.8) is 0 Å². The molecule has 0 bridgehead atoms. The molecule has 182 valence electrons. The maximum Gasteiger partial charge on any atom is 0.410 e. The number of nitrogens with zero attached hydrogens (tertiary/aromatic N) is 4. The van der Waals surface area contributed by atoms with Crippen LogP contribution in [0.25, 0.3) is 0 Å². The summed E-state index contributed by atoms with van der Waals surface area (Å²) in [7, 11) is 1.22. The second-order valence-corrected chi connectivity index (χ2v) is 9.77. The summed E-state index contributed by atoms with van der Waals surface area (Å²) < 4.78 is 29.9. The minimum atomic E-state index is -0.701. The number of halogens is 1. The lowest BCUT2D eigenvalue weighted by Crippen LogP contribution is -2.61. The van der Waals surface area contributed by atoms with Gasteiger partial charge >= 0.3 is 12.1 Å². The molecular weight excluding hydrogens is 443 g/mol. The first-order valence-corrected chi connectivity index (χ1v) is 11.2. The number of amides is 1. The van der Waals surface area contributed by atoms with Crippen LogP contribution in [0.5, 0.6) is 11.5 Å². The zero-order valence-corrected chi connectivity index (χ0v) is 19.8. The average molecular weight is 473 g/mol. The maximum absolute atomic E-state index is 13.7. The minimum Gasteiger partial charge on any atom is -0.465 e. The first kappa shape index (κ1) is 23.7. The van der Waals surface area contributed by atoms with Crippen molar-refractivity contribution in [3.8, 4) is 11.5 Å². The molecule has 0 aliphatic carbocycles. The molecule has 0 atom stereocenters. The quantitative estimate of drug-likeness (QED) is 0.616. The summed E-state index contributed by atoms with van der Waals surface area (Å²) in [5, 5.41) is 0. The standard InChI is InChI=1S/C24H29FN4O5/c1-23(2,3)34-22(31)28-9-7-24(8-10-28)13-29(14-24)20-19(12-26-15-27-20)33-18-6-5-16(25)11-17(18)21(30)32-4/h5-6,11-12,15H,7-10,13-14H2,1-4H3. The van der Waals surface area contributed by atoms with Gasteiger partial charge in [0.2, 0.25) is 0 Å². The normalized spacial score (nSPS) is 17.2. The van der Waals surface area contributed by atoms with Crippen molar-refractivity contribution in [2.45, 2.75) is 39.2 Å². The van der Waals surface area contributed by atoms with Crippen LogP contribution in [-0.2, 0) is 9.47 Å². The molecule has 4 rings (SSSR count). The van der Waals surface area contributed by atoms with Gasteiger partial charge in [-0.25, -0.2) is 23.9 Å². The number of likely N-dealkylation sites (tertiary alicyclic amines) is 1. The number of benzene rings is 1. The Bertz CT molecular complexity index is 1070. The van der Waals surface area contributed by atoms with E-state index < -0.39 is 17.4 Å². The number of rotatable bonds is 4. The predicted octanol–water partition coefficient (Wildman–Crippen LogP) is 4.03. The number of methoxy groups -OCH3 is 1. The first-order valence-electron chi connectivity index (χ1n) is 11.2. The summed E-state index contributed by atoms with van der Waals surface area (Å²) in [4.78, 5) is 36.7. The van der Waals surface area contributed by atoms with Crippen LogP contribution < -0.4 is 9.64 Å². The number of carbonyl (C=O) groups is 2. The molecule has 1 spiro atoms. The number of anilines is 1. The number of aromatic nitrogens is 2. The average Bonchev–Trinajstić information content (AvgIpc) is 2.77. The summed E-state index contributed by atoms with van der Waals surface area (Å²) in [5.74, 6) is -0.159. The molecular formula is C24H29FN4O5. The molecule has 2 saturated heterocycles. The molecule has 10 heteroatoms. The van der Waals surface area contributed by atoms with Gasteiger partial charge in [0.05, 0.1) is 13.3 Å². The van der Waals surface area contributed by atoms with Gasteiger partial charge in [-0.2, -0.15) is 0 Å². The molecule has 2 aliphatic rings. The lowest BCUT2D eigenvalue weighted by Gasteiger charge is -2.54. The maximum atomic E-state index is 13.7. The summed E-state index contributed by atoms with van der Waals surface area (Å²) in [5.41, 5.74) is -0.443. The highest BCUT2D eigenvalue weighted by atomic mass is 19.1. The highest BCUT2D eigenvalue weighted by molar-refractivity contribution is 5.92. The van der Waals surface area contributed by atoms with E-state index in [4.69, 9.17) is 14.2 Å². The van der Waals surface area contributed by atoms with Gasteiger partial charge in [-0.05, 0) is 51.8 Å². The van der Waals surface area contributed by atoms with Gasteiger partial charge in [0.25, 0.3) is 0 Å². The Morgan fingerprint density at radius 1 is 1.12 bits per heavy atom. The number of hydrogen-bond donors (Lipinski definition) is 0. The molecule has 2 fully saturated rings. The van der Waals surface area contributed by atoms with Gasteiger partial charge in [-0.15, -0.1) is 0 Å². The first-order chi connectivity index (χ1) is 16.1. The van der Waals surface area contributed by atoms with E-state index in [9.17, 15) is 14.0 Å². The van der Waals surface area contributed by atoms with E-state index >= 15 is 0 Å². The van der Waals surface area contributed by atoms with Crippen molar-refractivity contribution in [3.05, 3.63) is 42.1 Å². The molecule has 0 unspecified atom stereocenters. The molecule has 3 heterocycles. The number of hydrogen-bond acceptors (Lipinski definition) is 8. The third-order valence-electron chi connectivity index (χ3n) is 6.05. The van der Waals surface area contributed by atoms with E-state index in [1.807, 2.05) is 20.8 Å². The highest BCUT2D eigenvalue weighted by Gasteiger charge is 2.47. The van der Waals surface area contributed by atoms with Crippen LogP contribution in [0.1, 0.15) is 44.0 Å².